The molecule has 10 nitrogen and oxygen atoms in total. The van der Waals surface area contributed by atoms with Crippen LogP contribution in [0.15, 0.2) is 35.3 Å². The van der Waals surface area contributed by atoms with Gasteiger partial charge in [0.05, 0.1) is 11.7 Å². The van der Waals surface area contributed by atoms with Gasteiger partial charge in [-0.3, -0.25) is 9.59 Å². The van der Waals surface area contributed by atoms with Crippen LogP contribution in [0.25, 0.3) is 10.9 Å². The molecule has 3 aromatic rings. The van der Waals surface area contributed by atoms with Gasteiger partial charge in [0.2, 0.25) is 5.95 Å². The summed E-state index contributed by atoms with van der Waals surface area (Å²) in [6.45, 7) is 4.97. The Kier molecular flexibility index (Phi) is 7.73. The minimum absolute atomic E-state index is 0.0807. The van der Waals surface area contributed by atoms with Crippen LogP contribution in [0, 0.1) is 5.92 Å². The van der Waals surface area contributed by atoms with Gasteiger partial charge in [-0.1, -0.05) is 11.6 Å². The van der Waals surface area contributed by atoms with Gasteiger partial charge in [0, 0.05) is 43.2 Å². The number of halogens is 1. The Morgan fingerprint density at radius 1 is 1.28 bits per heavy atom. The summed E-state index contributed by atoms with van der Waals surface area (Å²) in [6, 6.07) is 7.08. The Hall–Kier alpha value is -3.66. The lowest BCUT2D eigenvalue weighted by Crippen LogP contribution is -2.35. The average molecular weight is 513 g/mol. The maximum absolute atomic E-state index is 13.0. The fraction of sp³-hybridized carbons (Fsp3) is 0.400. The fourth-order valence-electron chi connectivity index (χ4n) is 4.20. The molecule has 1 saturated heterocycles. The highest BCUT2D eigenvalue weighted by atomic mass is 35.5. The molecule has 2 aromatic heterocycles. The first-order chi connectivity index (χ1) is 17.3. The zero-order chi connectivity index (χ0) is 25.8. The van der Waals surface area contributed by atoms with E-state index in [0.717, 1.165) is 30.0 Å². The van der Waals surface area contributed by atoms with Crippen LogP contribution in [-0.4, -0.2) is 53.5 Å². The van der Waals surface area contributed by atoms with Crippen molar-refractivity contribution in [3.63, 3.8) is 0 Å². The third-order valence-electron chi connectivity index (χ3n) is 6.17. The smallest absolute Gasteiger partial charge is 0.293 e. The number of nitrogens with zero attached hydrogens (tertiary/aromatic N) is 4. The van der Waals surface area contributed by atoms with Gasteiger partial charge in [0.1, 0.15) is 11.3 Å². The molecule has 0 saturated carbocycles. The molecule has 2 N–H and O–H groups in total. The Morgan fingerprint density at radius 2 is 2.03 bits per heavy atom. The lowest BCUT2D eigenvalue weighted by atomic mass is 9.99. The van der Waals surface area contributed by atoms with Crippen LogP contribution < -0.4 is 25.8 Å². The van der Waals surface area contributed by atoms with Crippen LogP contribution in [0.4, 0.5) is 17.5 Å². The first kappa shape index (κ1) is 25.4. The van der Waals surface area contributed by atoms with Crippen LogP contribution in [-0.2, 0) is 9.59 Å². The number of ether oxygens (including phenoxy) is 1. The molecule has 36 heavy (non-hydrogen) atoms. The lowest BCUT2D eigenvalue weighted by Gasteiger charge is -2.29. The normalized spacial score (nSPS) is 14.2. The predicted molar refractivity (Wildman–Crippen MR) is 139 cm³/mol. The molecule has 0 unspecified atom stereocenters. The molecule has 0 bridgehead atoms. The number of fused-ring (bicyclic) bond motifs is 1. The number of pyridine rings is 1. The van der Waals surface area contributed by atoms with Crippen LogP contribution in [0.3, 0.4) is 0 Å². The van der Waals surface area contributed by atoms with Crippen molar-refractivity contribution in [1.29, 1.82) is 0 Å². The van der Waals surface area contributed by atoms with E-state index in [9.17, 15) is 14.4 Å². The van der Waals surface area contributed by atoms with E-state index in [4.69, 9.17) is 16.3 Å². The summed E-state index contributed by atoms with van der Waals surface area (Å²) in [5, 5.41) is 6.84. The largest absolute Gasteiger partial charge is 0.478 e. The Labute approximate surface area is 213 Å². The summed E-state index contributed by atoms with van der Waals surface area (Å²) in [5.74, 6) is 0.846. The first-order valence-corrected chi connectivity index (χ1v) is 12.2. The summed E-state index contributed by atoms with van der Waals surface area (Å²) < 4.78 is 7.17. The fourth-order valence-corrected chi connectivity index (χ4v) is 4.34. The third-order valence-corrected chi connectivity index (χ3v) is 6.44. The van der Waals surface area contributed by atoms with Gasteiger partial charge < -0.3 is 29.6 Å². The van der Waals surface area contributed by atoms with Crippen LogP contribution in [0.2, 0.25) is 5.02 Å². The molecule has 0 spiro atoms. The first-order valence-electron chi connectivity index (χ1n) is 11.8. The van der Waals surface area contributed by atoms with Crippen molar-refractivity contribution in [2.75, 3.05) is 37.0 Å². The van der Waals surface area contributed by atoms with Crippen molar-refractivity contribution >= 4 is 52.2 Å². The van der Waals surface area contributed by atoms with Gasteiger partial charge in [0.25, 0.3) is 11.5 Å². The molecule has 0 radical (unpaired) electrons. The van der Waals surface area contributed by atoms with E-state index in [-0.39, 0.29) is 35.8 Å². The number of hydrogen-bond donors (Lipinski definition) is 2. The van der Waals surface area contributed by atoms with Crippen molar-refractivity contribution in [2.24, 2.45) is 5.92 Å². The monoisotopic (exact) mass is 512 g/mol. The molecule has 1 aromatic carbocycles. The molecule has 4 rings (SSSR count). The highest BCUT2D eigenvalue weighted by Crippen LogP contribution is 2.29. The number of anilines is 3. The molecule has 190 valence electrons. The van der Waals surface area contributed by atoms with Crippen LogP contribution in [0.5, 0.6) is 5.75 Å². The van der Waals surface area contributed by atoms with Crippen LogP contribution in [0.1, 0.15) is 32.7 Å². The Balaban J connectivity index is 1.64. The van der Waals surface area contributed by atoms with Gasteiger partial charge >= 0.3 is 0 Å². The lowest BCUT2D eigenvalue weighted by molar-refractivity contribution is -0.122. The maximum atomic E-state index is 13.0. The standard InChI is InChI=1S/C25H29ClN6O4/c1-15(2)32-20-5-4-18(10-17(20)11-21(24(32)35)36-14-22(34)27-3)29-23-19(26)12-28-25(30-23)31-8-6-16(13-33)7-9-31/h4-5,10-13,15-16H,6-9,14H2,1-3H3,(H,27,34)(H,28,29,30). The molecule has 11 heteroatoms. The summed E-state index contributed by atoms with van der Waals surface area (Å²) >= 11 is 6.39. The van der Waals surface area contributed by atoms with Crippen LogP contribution >= 0.6 is 11.6 Å². The van der Waals surface area contributed by atoms with E-state index < -0.39 is 0 Å². The van der Waals surface area contributed by atoms with E-state index in [2.05, 4.69) is 20.6 Å². The van der Waals surface area contributed by atoms with Crippen molar-refractivity contribution in [3.8, 4) is 5.75 Å². The second-order valence-corrected chi connectivity index (χ2v) is 9.37. The number of aromatic nitrogens is 3. The zero-order valence-corrected chi connectivity index (χ0v) is 21.2. The maximum Gasteiger partial charge on any atom is 0.293 e. The van der Waals surface area contributed by atoms with Crippen molar-refractivity contribution < 1.29 is 14.3 Å². The molecule has 1 fully saturated rings. The van der Waals surface area contributed by atoms with Gasteiger partial charge in [-0.15, -0.1) is 0 Å². The van der Waals surface area contributed by atoms with Gasteiger partial charge in [-0.05, 0) is 51.0 Å². The minimum Gasteiger partial charge on any atom is -0.478 e. The van der Waals surface area contributed by atoms with E-state index in [1.54, 1.807) is 16.8 Å². The molecule has 1 aliphatic heterocycles. The Bertz CT molecular complexity index is 1330. The molecular formula is C25H29ClN6O4. The second-order valence-electron chi connectivity index (χ2n) is 8.97. The quantitative estimate of drug-likeness (QED) is 0.441. The van der Waals surface area contributed by atoms with Crippen molar-refractivity contribution in [3.05, 3.63) is 45.8 Å². The number of piperidine rings is 1. The number of benzene rings is 1. The van der Waals surface area contributed by atoms with Gasteiger partial charge in [-0.2, -0.15) is 4.98 Å². The van der Waals surface area contributed by atoms with Gasteiger partial charge in [-0.25, -0.2) is 4.98 Å². The van der Waals surface area contributed by atoms with E-state index >= 15 is 0 Å². The third kappa shape index (κ3) is 5.43. The highest BCUT2D eigenvalue weighted by Gasteiger charge is 2.21. The number of carbonyl (C=O) groups is 2. The topological polar surface area (TPSA) is 118 Å². The molecular weight excluding hydrogens is 484 g/mol. The molecule has 3 heterocycles. The summed E-state index contributed by atoms with van der Waals surface area (Å²) in [6.07, 6.45) is 4.11. The number of nitrogens with one attached hydrogen (secondary N) is 2. The minimum atomic E-state index is -0.328. The van der Waals surface area contributed by atoms with E-state index in [0.29, 0.717) is 35.6 Å². The molecule has 1 aliphatic rings. The summed E-state index contributed by atoms with van der Waals surface area (Å²) in [5.41, 5.74) is 1.14. The number of aldehydes is 1. The highest BCUT2D eigenvalue weighted by molar-refractivity contribution is 6.32. The van der Waals surface area contributed by atoms with E-state index in [1.165, 1.54) is 7.05 Å². The molecule has 1 amide bonds. The number of likely N-dealkylation sites (N-methyl/N-ethyl adjacent to an activating group) is 1. The second kappa shape index (κ2) is 10.9. The summed E-state index contributed by atoms with van der Waals surface area (Å²) in [4.78, 5) is 46.7. The predicted octanol–water partition coefficient (Wildman–Crippen LogP) is 3.31. The molecule has 0 aliphatic carbocycles. The van der Waals surface area contributed by atoms with Crippen molar-refractivity contribution in [2.45, 2.75) is 32.7 Å². The number of carbonyl (C=O) groups excluding carboxylic acids is 2. The summed E-state index contributed by atoms with van der Waals surface area (Å²) in [7, 11) is 1.51. The Morgan fingerprint density at radius 3 is 2.69 bits per heavy atom. The van der Waals surface area contributed by atoms with Crippen molar-refractivity contribution in [1.82, 2.24) is 19.9 Å². The number of hydrogen-bond acceptors (Lipinski definition) is 8. The van der Waals surface area contributed by atoms with Gasteiger partial charge in [0.15, 0.2) is 18.2 Å². The average Bonchev–Trinajstić information content (AvgIpc) is 2.88. The zero-order valence-electron chi connectivity index (χ0n) is 20.5. The van der Waals surface area contributed by atoms with E-state index in [1.807, 2.05) is 36.9 Å². The SMILES string of the molecule is CNC(=O)COc1cc2cc(Nc3nc(N4CCC(C=O)CC4)ncc3Cl)ccc2n(C(C)C)c1=O. The molecule has 0 atom stereocenters. The number of rotatable bonds is 8. The number of amides is 1.